The fourth-order valence-electron chi connectivity index (χ4n) is 5.46. The smallest absolute Gasteiger partial charge is 0.283 e. The number of nitrogens with one attached hydrogen (secondary N) is 3. The van der Waals surface area contributed by atoms with Crippen LogP contribution in [0.15, 0.2) is 98.6 Å². The number of rotatable bonds is 18. The first-order chi connectivity index (χ1) is 25.4. The number of hydrogen-bond donors (Lipinski definition) is 5. The van der Waals surface area contributed by atoms with Gasteiger partial charge < -0.3 is 40.4 Å². The van der Waals surface area contributed by atoms with Crippen LogP contribution in [0.25, 0.3) is 5.70 Å². The van der Waals surface area contributed by atoms with Crippen molar-refractivity contribution in [2.45, 2.75) is 25.7 Å². The van der Waals surface area contributed by atoms with Gasteiger partial charge in [0.05, 0.1) is 11.4 Å². The standard InChI is InChI=1S/C36H42N8O9/c1-25(26-11-5-15-30(45)39-26)41(23-9-19-37-34(49)27-12-6-17-32(47)43(27)52)21-3-4-22-42(36(51)29-14-8-16-31(46)40(29)2)24-10-20-38-35(50)28-13-7-18-33(48)44(28)53/h5-8,11-18,52-53H,1,3-4,9-10,19-24H2,2H3,(H,37,49)(H,38,50)(H,39,45). The van der Waals surface area contributed by atoms with Gasteiger partial charge in [-0.2, -0.15) is 0 Å². The van der Waals surface area contributed by atoms with Gasteiger partial charge in [-0.25, -0.2) is 0 Å². The van der Waals surface area contributed by atoms with Crippen molar-refractivity contribution in [3.8, 4) is 0 Å². The second-order valence-corrected chi connectivity index (χ2v) is 12.0. The highest BCUT2D eigenvalue weighted by atomic mass is 16.5. The van der Waals surface area contributed by atoms with Crippen LogP contribution in [0.1, 0.15) is 62.8 Å². The summed E-state index contributed by atoms with van der Waals surface area (Å²) in [4.78, 5) is 92.7. The zero-order chi connectivity index (χ0) is 38.5. The van der Waals surface area contributed by atoms with E-state index in [2.05, 4.69) is 22.2 Å². The number of aromatic nitrogens is 4. The van der Waals surface area contributed by atoms with Gasteiger partial charge in [0.25, 0.3) is 34.4 Å². The average molecular weight is 731 g/mol. The molecule has 17 heteroatoms. The molecule has 280 valence electrons. The molecule has 0 aliphatic carbocycles. The summed E-state index contributed by atoms with van der Waals surface area (Å²) >= 11 is 0. The van der Waals surface area contributed by atoms with E-state index in [1.807, 2.05) is 4.90 Å². The molecule has 0 aliphatic rings. The molecule has 0 saturated heterocycles. The van der Waals surface area contributed by atoms with Gasteiger partial charge in [0.1, 0.15) is 17.1 Å². The number of aromatic amines is 1. The highest BCUT2D eigenvalue weighted by molar-refractivity contribution is 5.93. The lowest BCUT2D eigenvalue weighted by atomic mass is 10.2. The molecule has 4 rings (SSSR count). The Kier molecular flexibility index (Phi) is 13.7. The lowest BCUT2D eigenvalue weighted by molar-refractivity contribution is 0.0737. The van der Waals surface area contributed by atoms with Gasteiger partial charge in [-0.3, -0.25) is 33.6 Å². The molecule has 0 unspecified atom stereocenters. The Morgan fingerprint density at radius 3 is 1.64 bits per heavy atom. The number of carbonyl (C=O) groups is 3. The highest BCUT2D eigenvalue weighted by Crippen LogP contribution is 2.16. The molecule has 4 aromatic rings. The maximum Gasteiger partial charge on any atom is 0.283 e. The van der Waals surface area contributed by atoms with Gasteiger partial charge in [0, 0.05) is 70.6 Å². The predicted molar refractivity (Wildman–Crippen MR) is 194 cm³/mol. The van der Waals surface area contributed by atoms with Crippen molar-refractivity contribution < 1.29 is 24.8 Å². The van der Waals surface area contributed by atoms with Gasteiger partial charge in [-0.1, -0.05) is 30.8 Å². The molecule has 0 saturated carbocycles. The molecule has 3 amide bonds. The van der Waals surface area contributed by atoms with E-state index in [0.29, 0.717) is 56.7 Å². The fraction of sp³-hybridized carbons (Fsp3) is 0.306. The third-order valence-corrected chi connectivity index (χ3v) is 8.36. The van der Waals surface area contributed by atoms with Crippen LogP contribution in [0, 0.1) is 0 Å². The van der Waals surface area contributed by atoms with E-state index >= 15 is 0 Å². The molecule has 5 N–H and O–H groups in total. The molecule has 0 aromatic carbocycles. The van der Waals surface area contributed by atoms with Crippen molar-refractivity contribution in [1.82, 2.24) is 39.4 Å². The fourth-order valence-corrected chi connectivity index (χ4v) is 5.46. The molecule has 0 bridgehead atoms. The van der Waals surface area contributed by atoms with Crippen LogP contribution in [0.4, 0.5) is 0 Å². The Morgan fingerprint density at radius 2 is 1.09 bits per heavy atom. The van der Waals surface area contributed by atoms with E-state index in [0.717, 1.165) is 12.1 Å². The summed E-state index contributed by atoms with van der Waals surface area (Å²) in [5.41, 5.74) is -1.34. The molecule has 53 heavy (non-hydrogen) atoms. The summed E-state index contributed by atoms with van der Waals surface area (Å²) in [5.74, 6) is -1.67. The first-order valence-electron chi connectivity index (χ1n) is 16.9. The van der Waals surface area contributed by atoms with Gasteiger partial charge in [0.2, 0.25) is 5.56 Å². The minimum Gasteiger partial charge on any atom is -0.425 e. The Morgan fingerprint density at radius 1 is 0.642 bits per heavy atom. The van der Waals surface area contributed by atoms with Crippen LogP contribution in [0.5, 0.6) is 0 Å². The molecule has 0 aliphatic heterocycles. The normalized spacial score (nSPS) is 10.7. The molecule has 0 spiro atoms. The number of unbranched alkanes of at least 4 members (excludes halogenated alkanes) is 1. The molecule has 0 atom stereocenters. The second kappa shape index (κ2) is 18.5. The summed E-state index contributed by atoms with van der Waals surface area (Å²) in [6.45, 7) is 5.88. The Labute approximate surface area is 303 Å². The molecule has 0 radical (unpaired) electrons. The molecular formula is C36H42N8O9. The van der Waals surface area contributed by atoms with E-state index in [1.54, 1.807) is 23.1 Å². The largest absolute Gasteiger partial charge is 0.425 e. The zero-order valence-electron chi connectivity index (χ0n) is 29.2. The van der Waals surface area contributed by atoms with E-state index < -0.39 is 22.9 Å². The summed E-state index contributed by atoms with van der Waals surface area (Å²) in [6.07, 6.45) is 1.86. The SMILES string of the molecule is C=C(c1cccc(=O)[nH]1)N(CCCCN(CCCNC(=O)c1cccc(=O)n1O)C(=O)c1cccc(=O)n1C)CCCNC(=O)c1cccc(=O)n1O. The molecular weight excluding hydrogens is 688 g/mol. The first kappa shape index (κ1) is 39.1. The predicted octanol–water partition coefficient (Wildman–Crippen LogP) is 0.707. The zero-order valence-corrected chi connectivity index (χ0v) is 29.2. The van der Waals surface area contributed by atoms with Crippen molar-refractivity contribution >= 4 is 23.4 Å². The van der Waals surface area contributed by atoms with Crippen LogP contribution < -0.4 is 32.9 Å². The first-order valence-corrected chi connectivity index (χ1v) is 16.9. The van der Waals surface area contributed by atoms with E-state index in [4.69, 9.17) is 0 Å². The van der Waals surface area contributed by atoms with Gasteiger partial charge in [0.15, 0.2) is 0 Å². The topological polar surface area (TPSA) is 221 Å². The summed E-state index contributed by atoms with van der Waals surface area (Å²) in [7, 11) is 1.50. The van der Waals surface area contributed by atoms with Crippen LogP contribution in [-0.4, -0.2) is 96.2 Å². The third kappa shape index (κ3) is 10.4. The van der Waals surface area contributed by atoms with Crippen LogP contribution in [0.3, 0.4) is 0 Å². The number of hydrogen-bond acceptors (Lipinski definition) is 10. The summed E-state index contributed by atoms with van der Waals surface area (Å²) in [6, 6.07) is 16.7. The van der Waals surface area contributed by atoms with Crippen molar-refractivity contribution in [2.24, 2.45) is 7.05 Å². The number of amides is 3. The van der Waals surface area contributed by atoms with E-state index in [1.165, 1.54) is 54.1 Å². The van der Waals surface area contributed by atoms with Crippen molar-refractivity contribution in [3.05, 3.63) is 144 Å². The number of H-pyrrole nitrogens is 1. The third-order valence-electron chi connectivity index (χ3n) is 8.36. The minimum absolute atomic E-state index is 0.124. The maximum absolute atomic E-state index is 13.7. The van der Waals surface area contributed by atoms with Crippen LogP contribution in [-0.2, 0) is 7.05 Å². The summed E-state index contributed by atoms with van der Waals surface area (Å²) < 4.78 is 1.79. The minimum atomic E-state index is -0.753. The number of pyridine rings is 4. The van der Waals surface area contributed by atoms with Gasteiger partial charge in [-0.15, -0.1) is 9.46 Å². The lowest BCUT2D eigenvalue weighted by Crippen LogP contribution is -2.38. The van der Waals surface area contributed by atoms with Gasteiger partial charge in [-0.05, 0) is 49.9 Å². The Hall–Kier alpha value is -6.65. The molecule has 0 fully saturated rings. The average Bonchev–Trinajstić information content (AvgIpc) is 3.14. The lowest BCUT2D eigenvalue weighted by Gasteiger charge is -2.28. The molecule has 4 heterocycles. The second-order valence-electron chi connectivity index (χ2n) is 12.0. The van der Waals surface area contributed by atoms with Crippen molar-refractivity contribution in [3.63, 3.8) is 0 Å². The number of carbonyl (C=O) groups excluding carboxylic acids is 3. The van der Waals surface area contributed by atoms with Crippen LogP contribution >= 0.6 is 0 Å². The quantitative estimate of drug-likeness (QED) is 0.0713. The van der Waals surface area contributed by atoms with Gasteiger partial charge >= 0.3 is 0 Å². The Balaban J connectivity index is 1.39. The molecule has 17 nitrogen and oxygen atoms in total. The highest BCUT2D eigenvalue weighted by Gasteiger charge is 2.20. The number of nitrogens with zero attached hydrogens (tertiary/aromatic N) is 5. The van der Waals surface area contributed by atoms with Crippen molar-refractivity contribution in [2.75, 3.05) is 39.3 Å². The monoisotopic (exact) mass is 730 g/mol. The Bertz CT molecular complexity index is 2190. The maximum atomic E-state index is 13.7. The van der Waals surface area contributed by atoms with Crippen LogP contribution in [0.2, 0.25) is 0 Å². The van der Waals surface area contributed by atoms with E-state index in [-0.39, 0.29) is 63.2 Å². The van der Waals surface area contributed by atoms with Crippen molar-refractivity contribution in [1.29, 1.82) is 0 Å². The van der Waals surface area contributed by atoms with E-state index in [9.17, 15) is 44.0 Å². The molecule has 4 aromatic heterocycles. The summed E-state index contributed by atoms with van der Waals surface area (Å²) in [5, 5.41) is 25.1.